The maximum absolute atomic E-state index is 11.4. The van der Waals surface area contributed by atoms with Crippen LogP contribution in [0.5, 0.6) is 5.75 Å². The van der Waals surface area contributed by atoms with Gasteiger partial charge in [0.05, 0.1) is 17.6 Å². The number of aliphatic hydroxyl groups excluding tert-OH is 1. The molecule has 1 N–H and O–H groups in total. The lowest BCUT2D eigenvalue weighted by Crippen LogP contribution is -2.18. The Labute approximate surface area is 108 Å². The normalized spacial score (nSPS) is 23.8. The second kappa shape index (κ2) is 5.28. The summed E-state index contributed by atoms with van der Waals surface area (Å²) in [5.41, 5.74) is 0.726. The predicted molar refractivity (Wildman–Crippen MR) is 69.4 cm³/mol. The number of sulfone groups is 1. The van der Waals surface area contributed by atoms with Gasteiger partial charge in [0.25, 0.3) is 0 Å². The van der Waals surface area contributed by atoms with Gasteiger partial charge in [0, 0.05) is 5.56 Å². The molecule has 0 saturated carbocycles. The molecule has 0 amide bonds. The summed E-state index contributed by atoms with van der Waals surface area (Å²) in [6, 6.07) is 7.25. The molecule has 4 nitrogen and oxygen atoms in total. The summed E-state index contributed by atoms with van der Waals surface area (Å²) in [6.45, 7) is 1.89. The van der Waals surface area contributed by atoms with E-state index in [4.69, 9.17) is 4.74 Å². The van der Waals surface area contributed by atoms with E-state index in [1.54, 1.807) is 6.07 Å². The third-order valence-electron chi connectivity index (χ3n) is 3.15. The maximum atomic E-state index is 11.4. The lowest BCUT2D eigenvalue weighted by atomic mass is 10.1. The van der Waals surface area contributed by atoms with Crippen LogP contribution in [0.3, 0.4) is 0 Å². The topological polar surface area (TPSA) is 63.6 Å². The summed E-state index contributed by atoms with van der Waals surface area (Å²) in [6.07, 6.45) is 0.266. The average Bonchev–Trinajstić information content (AvgIpc) is 2.68. The van der Waals surface area contributed by atoms with Gasteiger partial charge in [-0.15, -0.1) is 0 Å². The Morgan fingerprint density at radius 3 is 2.78 bits per heavy atom. The largest absolute Gasteiger partial charge is 0.489 e. The van der Waals surface area contributed by atoms with Crippen molar-refractivity contribution in [3.63, 3.8) is 0 Å². The van der Waals surface area contributed by atoms with Gasteiger partial charge in [0.2, 0.25) is 0 Å². The van der Waals surface area contributed by atoms with Crippen molar-refractivity contribution >= 4 is 9.84 Å². The minimum absolute atomic E-state index is 0.0730. The highest BCUT2D eigenvalue weighted by Gasteiger charge is 2.30. The maximum Gasteiger partial charge on any atom is 0.154 e. The highest BCUT2D eigenvalue weighted by atomic mass is 32.2. The number of benzene rings is 1. The molecule has 1 aliphatic rings. The van der Waals surface area contributed by atoms with Crippen LogP contribution in [0.1, 0.15) is 31.4 Å². The summed E-state index contributed by atoms with van der Waals surface area (Å²) >= 11 is 0. The number of rotatable bonds is 4. The van der Waals surface area contributed by atoms with Gasteiger partial charge in [-0.05, 0) is 18.9 Å². The molecule has 0 aliphatic carbocycles. The monoisotopic (exact) mass is 270 g/mol. The summed E-state index contributed by atoms with van der Waals surface area (Å²) in [5.74, 6) is 0.855. The molecule has 0 bridgehead atoms. The molecule has 0 radical (unpaired) electrons. The third-order valence-corrected chi connectivity index (χ3v) is 4.89. The van der Waals surface area contributed by atoms with E-state index in [1.807, 2.05) is 25.1 Å². The van der Waals surface area contributed by atoms with Crippen molar-refractivity contribution < 1.29 is 18.3 Å². The summed E-state index contributed by atoms with van der Waals surface area (Å²) in [4.78, 5) is 0. The number of para-hydroxylation sites is 1. The van der Waals surface area contributed by atoms with Gasteiger partial charge < -0.3 is 9.84 Å². The van der Waals surface area contributed by atoms with Gasteiger partial charge in [0.1, 0.15) is 11.9 Å². The highest BCUT2D eigenvalue weighted by molar-refractivity contribution is 7.91. The van der Waals surface area contributed by atoms with E-state index in [0.29, 0.717) is 18.6 Å². The molecular weight excluding hydrogens is 252 g/mol. The molecule has 5 heteroatoms. The van der Waals surface area contributed by atoms with Crippen molar-refractivity contribution in [2.45, 2.75) is 32.0 Å². The number of hydrogen-bond acceptors (Lipinski definition) is 4. The lowest BCUT2D eigenvalue weighted by Gasteiger charge is -2.18. The smallest absolute Gasteiger partial charge is 0.154 e. The Kier molecular flexibility index (Phi) is 3.92. The van der Waals surface area contributed by atoms with Crippen molar-refractivity contribution in [3.05, 3.63) is 29.8 Å². The van der Waals surface area contributed by atoms with E-state index in [0.717, 1.165) is 5.56 Å². The van der Waals surface area contributed by atoms with Crippen molar-refractivity contribution in [1.82, 2.24) is 0 Å². The molecule has 0 spiro atoms. The molecule has 100 valence electrons. The summed E-state index contributed by atoms with van der Waals surface area (Å²) < 4.78 is 28.5. The zero-order valence-electron chi connectivity index (χ0n) is 10.4. The van der Waals surface area contributed by atoms with E-state index in [-0.39, 0.29) is 17.6 Å². The van der Waals surface area contributed by atoms with E-state index in [1.165, 1.54) is 0 Å². The molecule has 1 aliphatic heterocycles. The van der Waals surface area contributed by atoms with Gasteiger partial charge in [-0.25, -0.2) is 8.42 Å². The second-order valence-corrected chi connectivity index (χ2v) is 6.83. The van der Waals surface area contributed by atoms with Crippen LogP contribution in [-0.4, -0.2) is 31.1 Å². The molecule has 1 fully saturated rings. The molecular formula is C13H18O4S. The van der Waals surface area contributed by atoms with Crippen molar-refractivity contribution in [1.29, 1.82) is 0 Å². The van der Waals surface area contributed by atoms with Crippen molar-refractivity contribution in [2.75, 3.05) is 11.5 Å². The molecule has 1 aromatic rings. The van der Waals surface area contributed by atoms with Crippen LogP contribution in [0.2, 0.25) is 0 Å². The van der Waals surface area contributed by atoms with Crippen LogP contribution >= 0.6 is 0 Å². The first kappa shape index (κ1) is 13.4. The summed E-state index contributed by atoms with van der Waals surface area (Å²) in [5, 5.41) is 9.89. The highest BCUT2D eigenvalue weighted by Crippen LogP contribution is 2.29. The molecule has 1 heterocycles. The fourth-order valence-corrected chi connectivity index (χ4v) is 3.71. The average molecular weight is 270 g/mol. The molecule has 1 saturated heterocycles. The zero-order valence-corrected chi connectivity index (χ0v) is 11.2. The minimum Gasteiger partial charge on any atom is -0.489 e. The first-order valence-electron chi connectivity index (χ1n) is 6.16. The molecule has 2 rings (SSSR count). The first-order chi connectivity index (χ1) is 8.52. The Balaban J connectivity index is 2.15. The quantitative estimate of drug-likeness (QED) is 0.904. The number of aliphatic hydroxyl groups is 1. The fraction of sp³-hybridized carbons (Fsp3) is 0.538. The summed E-state index contributed by atoms with van der Waals surface area (Å²) in [7, 11) is -2.94. The van der Waals surface area contributed by atoms with Crippen molar-refractivity contribution in [3.8, 4) is 5.75 Å². The molecule has 2 atom stereocenters. The Bertz CT molecular complexity index is 509. The standard InChI is InChI=1S/C13H18O4S/c1-2-12(14)11-5-3-4-6-13(11)17-10-7-8-18(15,16)9-10/h3-6,10,12,14H,2,7-9H2,1H3. The van der Waals surface area contributed by atoms with E-state index >= 15 is 0 Å². The number of hydrogen-bond donors (Lipinski definition) is 1. The minimum atomic E-state index is -2.94. The number of ether oxygens (including phenoxy) is 1. The van der Waals surface area contributed by atoms with Crippen LogP contribution in [0.25, 0.3) is 0 Å². The third kappa shape index (κ3) is 3.03. The van der Waals surface area contributed by atoms with Gasteiger partial charge in [-0.1, -0.05) is 25.1 Å². The van der Waals surface area contributed by atoms with Crippen molar-refractivity contribution in [2.24, 2.45) is 0 Å². The predicted octanol–water partition coefficient (Wildman–Crippen LogP) is 1.70. The van der Waals surface area contributed by atoms with Crippen LogP contribution < -0.4 is 4.74 Å². The van der Waals surface area contributed by atoms with Gasteiger partial charge in [0.15, 0.2) is 9.84 Å². The van der Waals surface area contributed by atoms with E-state index < -0.39 is 15.9 Å². The fourth-order valence-electron chi connectivity index (χ4n) is 2.12. The Hall–Kier alpha value is -1.07. The van der Waals surface area contributed by atoms with E-state index in [2.05, 4.69) is 0 Å². The zero-order chi connectivity index (χ0) is 13.2. The van der Waals surface area contributed by atoms with Crippen LogP contribution in [-0.2, 0) is 9.84 Å². The Morgan fingerprint density at radius 2 is 2.17 bits per heavy atom. The van der Waals surface area contributed by atoms with Crippen LogP contribution in [0.15, 0.2) is 24.3 Å². The first-order valence-corrected chi connectivity index (χ1v) is 7.98. The van der Waals surface area contributed by atoms with Gasteiger partial charge in [-0.2, -0.15) is 0 Å². The second-order valence-electron chi connectivity index (χ2n) is 4.60. The molecule has 2 unspecified atom stereocenters. The molecule has 0 aromatic heterocycles. The lowest BCUT2D eigenvalue weighted by molar-refractivity contribution is 0.160. The van der Waals surface area contributed by atoms with Crippen LogP contribution in [0.4, 0.5) is 0 Å². The van der Waals surface area contributed by atoms with E-state index in [9.17, 15) is 13.5 Å². The van der Waals surface area contributed by atoms with Crippen LogP contribution in [0, 0.1) is 0 Å². The Morgan fingerprint density at radius 1 is 1.44 bits per heavy atom. The SMILES string of the molecule is CCC(O)c1ccccc1OC1CCS(=O)(=O)C1. The molecule has 18 heavy (non-hydrogen) atoms. The van der Waals surface area contributed by atoms with Gasteiger partial charge in [-0.3, -0.25) is 0 Å². The molecule has 1 aromatic carbocycles. The van der Waals surface area contributed by atoms with Gasteiger partial charge >= 0.3 is 0 Å².